The van der Waals surface area contributed by atoms with Crippen molar-refractivity contribution in [3.05, 3.63) is 65.2 Å². The third-order valence-corrected chi connectivity index (χ3v) is 5.73. The Bertz CT molecular complexity index is 810. The van der Waals surface area contributed by atoms with Crippen LogP contribution >= 0.6 is 11.6 Å². The molecule has 1 aliphatic heterocycles. The van der Waals surface area contributed by atoms with E-state index < -0.39 is 5.41 Å². The van der Waals surface area contributed by atoms with E-state index in [1.165, 1.54) is 5.56 Å². The van der Waals surface area contributed by atoms with Crippen molar-refractivity contribution in [1.29, 1.82) is 0 Å². The average molecular weight is 399 g/mol. The van der Waals surface area contributed by atoms with Gasteiger partial charge in [-0.1, -0.05) is 41.9 Å². The Hall–Kier alpha value is -2.33. The number of anilines is 1. The predicted octanol–water partition coefficient (Wildman–Crippen LogP) is 4.79. The lowest BCUT2D eigenvalue weighted by Gasteiger charge is -2.36. The maximum Gasteiger partial charge on any atom is 0.239 e. The summed E-state index contributed by atoms with van der Waals surface area (Å²) in [4.78, 5) is 27.6. The third-order valence-electron chi connectivity index (χ3n) is 5.47. The molecule has 1 N–H and O–H groups in total. The molecule has 0 aliphatic carbocycles. The molecule has 0 atom stereocenters. The summed E-state index contributed by atoms with van der Waals surface area (Å²) in [6, 6.07) is 17.4. The van der Waals surface area contributed by atoms with Gasteiger partial charge in [0.15, 0.2) is 0 Å². The van der Waals surface area contributed by atoms with Gasteiger partial charge in [-0.3, -0.25) is 9.59 Å². The van der Waals surface area contributed by atoms with Crippen LogP contribution in [0.15, 0.2) is 54.6 Å². The van der Waals surface area contributed by atoms with Gasteiger partial charge < -0.3 is 10.2 Å². The van der Waals surface area contributed by atoms with Gasteiger partial charge in [-0.05, 0) is 68.9 Å². The molecular formula is C23H27ClN2O2. The average Bonchev–Trinajstić information content (AvgIpc) is 2.70. The Morgan fingerprint density at radius 3 is 2.25 bits per heavy atom. The van der Waals surface area contributed by atoms with Crippen molar-refractivity contribution in [2.45, 2.75) is 33.1 Å². The van der Waals surface area contributed by atoms with Gasteiger partial charge in [-0.25, -0.2) is 0 Å². The summed E-state index contributed by atoms with van der Waals surface area (Å²) in [5, 5.41) is 3.43. The van der Waals surface area contributed by atoms with E-state index in [1.807, 2.05) is 11.0 Å². The van der Waals surface area contributed by atoms with Gasteiger partial charge in [0, 0.05) is 23.8 Å². The molecule has 2 aromatic rings. The van der Waals surface area contributed by atoms with Gasteiger partial charge in [0.1, 0.15) is 5.41 Å². The van der Waals surface area contributed by atoms with E-state index in [0.29, 0.717) is 29.7 Å². The van der Waals surface area contributed by atoms with Crippen molar-refractivity contribution in [2.75, 3.05) is 18.4 Å². The zero-order valence-corrected chi connectivity index (χ0v) is 17.2. The minimum absolute atomic E-state index is 0.114. The highest BCUT2D eigenvalue weighted by Gasteiger charge is 2.40. The van der Waals surface area contributed by atoms with Crippen LogP contribution in [0.5, 0.6) is 0 Å². The number of benzene rings is 2. The van der Waals surface area contributed by atoms with Crippen LogP contribution < -0.4 is 5.32 Å². The van der Waals surface area contributed by atoms with E-state index in [-0.39, 0.29) is 11.8 Å². The number of carbonyl (C=O) groups is 2. The molecule has 1 saturated heterocycles. The molecule has 0 aromatic heterocycles. The molecule has 0 radical (unpaired) electrons. The number of hydrogen-bond acceptors (Lipinski definition) is 2. The summed E-state index contributed by atoms with van der Waals surface area (Å²) in [5.41, 5.74) is 0.859. The SMILES string of the molecule is CC(C)(C(=O)Nc1ccc(Cl)cc1)C(=O)N1CCC(Cc2ccccc2)CC1. The van der Waals surface area contributed by atoms with Gasteiger partial charge in [0.25, 0.3) is 0 Å². The second-order valence-corrected chi connectivity index (χ2v) is 8.45. The lowest BCUT2D eigenvalue weighted by atomic mass is 9.86. The van der Waals surface area contributed by atoms with Crippen molar-refractivity contribution >= 4 is 29.1 Å². The van der Waals surface area contributed by atoms with Crippen LogP contribution in [0.25, 0.3) is 0 Å². The lowest BCUT2D eigenvalue weighted by molar-refractivity contribution is -0.147. The van der Waals surface area contributed by atoms with Crippen LogP contribution in [0.1, 0.15) is 32.3 Å². The number of rotatable bonds is 5. The van der Waals surface area contributed by atoms with E-state index in [9.17, 15) is 9.59 Å². The standard InChI is InChI=1S/C23H27ClN2O2/c1-23(2,21(27)25-20-10-8-19(24)9-11-20)22(28)26-14-12-18(13-15-26)16-17-6-4-3-5-7-17/h3-11,18H,12-16H2,1-2H3,(H,25,27). The molecule has 5 heteroatoms. The fourth-order valence-corrected chi connectivity index (χ4v) is 3.73. The molecule has 28 heavy (non-hydrogen) atoms. The number of hydrogen-bond donors (Lipinski definition) is 1. The summed E-state index contributed by atoms with van der Waals surface area (Å²) in [6.07, 6.45) is 2.98. The number of nitrogens with zero attached hydrogens (tertiary/aromatic N) is 1. The molecule has 0 saturated carbocycles. The summed E-state index contributed by atoms with van der Waals surface area (Å²) >= 11 is 5.88. The fourth-order valence-electron chi connectivity index (χ4n) is 3.60. The minimum atomic E-state index is -1.12. The number of amides is 2. The highest BCUT2D eigenvalue weighted by atomic mass is 35.5. The highest BCUT2D eigenvalue weighted by molar-refractivity contribution is 6.30. The van der Waals surface area contributed by atoms with Crippen LogP contribution in [0, 0.1) is 11.3 Å². The van der Waals surface area contributed by atoms with E-state index in [4.69, 9.17) is 11.6 Å². The van der Waals surface area contributed by atoms with Crippen LogP contribution in [0.3, 0.4) is 0 Å². The quantitative estimate of drug-likeness (QED) is 0.736. The third kappa shape index (κ3) is 4.93. The highest BCUT2D eigenvalue weighted by Crippen LogP contribution is 2.27. The maximum absolute atomic E-state index is 13.0. The van der Waals surface area contributed by atoms with Crippen molar-refractivity contribution in [1.82, 2.24) is 4.90 Å². The molecule has 0 bridgehead atoms. The Morgan fingerprint density at radius 2 is 1.64 bits per heavy atom. The van der Waals surface area contributed by atoms with Gasteiger partial charge >= 0.3 is 0 Å². The smallest absolute Gasteiger partial charge is 0.239 e. The summed E-state index contributed by atoms with van der Waals surface area (Å²) in [7, 11) is 0. The van der Waals surface area contributed by atoms with Crippen LogP contribution in [-0.2, 0) is 16.0 Å². The molecule has 1 heterocycles. The summed E-state index contributed by atoms with van der Waals surface area (Å²) in [5.74, 6) is 0.167. The molecule has 1 aliphatic rings. The van der Waals surface area contributed by atoms with Crippen LogP contribution in [-0.4, -0.2) is 29.8 Å². The first-order valence-corrected chi connectivity index (χ1v) is 10.1. The summed E-state index contributed by atoms with van der Waals surface area (Å²) in [6.45, 7) is 4.79. The van der Waals surface area contributed by atoms with E-state index >= 15 is 0 Å². The molecule has 3 rings (SSSR count). The van der Waals surface area contributed by atoms with Crippen molar-refractivity contribution in [3.8, 4) is 0 Å². The zero-order valence-electron chi connectivity index (χ0n) is 16.5. The van der Waals surface area contributed by atoms with Gasteiger partial charge in [0.05, 0.1) is 0 Å². The van der Waals surface area contributed by atoms with E-state index in [1.54, 1.807) is 38.1 Å². The Labute approximate surface area is 171 Å². The maximum atomic E-state index is 13.0. The Balaban J connectivity index is 1.55. The van der Waals surface area contributed by atoms with Crippen LogP contribution in [0.2, 0.25) is 5.02 Å². The molecule has 1 fully saturated rings. The number of likely N-dealkylation sites (tertiary alicyclic amines) is 1. The molecule has 2 aromatic carbocycles. The Morgan fingerprint density at radius 1 is 1.04 bits per heavy atom. The van der Waals surface area contributed by atoms with Gasteiger partial charge in [-0.2, -0.15) is 0 Å². The molecule has 4 nitrogen and oxygen atoms in total. The molecule has 2 amide bonds. The van der Waals surface area contributed by atoms with E-state index in [0.717, 1.165) is 19.3 Å². The number of piperidine rings is 1. The van der Waals surface area contributed by atoms with Gasteiger partial charge in [-0.15, -0.1) is 0 Å². The largest absolute Gasteiger partial charge is 0.342 e. The first-order valence-electron chi connectivity index (χ1n) is 9.76. The number of carbonyl (C=O) groups excluding carboxylic acids is 2. The lowest BCUT2D eigenvalue weighted by Crippen LogP contribution is -2.50. The van der Waals surface area contributed by atoms with E-state index in [2.05, 4.69) is 29.6 Å². The molecular weight excluding hydrogens is 372 g/mol. The van der Waals surface area contributed by atoms with Crippen molar-refractivity contribution < 1.29 is 9.59 Å². The topological polar surface area (TPSA) is 49.4 Å². The minimum Gasteiger partial charge on any atom is -0.342 e. The molecule has 148 valence electrons. The van der Waals surface area contributed by atoms with Gasteiger partial charge in [0.2, 0.25) is 11.8 Å². The van der Waals surface area contributed by atoms with Crippen molar-refractivity contribution in [2.24, 2.45) is 11.3 Å². The normalized spacial score (nSPS) is 15.3. The monoisotopic (exact) mass is 398 g/mol. The fraction of sp³-hybridized carbons (Fsp3) is 0.391. The predicted molar refractivity (Wildman–Crippen MR) is 113 cm³/mol. The summed E-state index contributed by atoms with van der Waals surface area (Å²) < 4.78 is 0. The molecule has 0 spiro atoms. The second kappa shape index (κ2) is 8.78. The number of halogens is 1. The second-order valence-electron chi connectivity index (χ2n) is 8.01. The first-order chi connectivity index (χ1) is 13.4. The molecule has 0 unspecified atom stereocenters. The van der Waals surface area contributed by atoms with Crippen molar-refractivity contribution in [3.63, 3.8) is 0 Å². The first kappa shape index (κ1) is 20.4. The Kier molecular flexibility index (Phi) is 6.40. The van der Waals surface area contributed by atoms with Crippen LogP contribution in [0.4, 0.5) is 5.69 Å². The zero-order chi connectivity index (χ0) is 20.1. The number of nitrogens with one attached hydrogen (secondary N) is 1.